The van der Waals surface area contributed by atoms with Crippen molar-refractivity contribution in [3.05, 3.63) is 29.8 Å². The van der Waals surface area contributed by atoms with Crippen LogP contribution in [0.3, 0.4) is 0 Å². The van der Waals surface area contributed by atoms with Crippen LogP contribution in [-0.2, 0) is 26.0 Å². The van der Waals surface area contributed by atoms with E-state index in [1.165, 1.54) is 19.2 Å². The van der Waals surface area contributed by atoms with Crippen LogP contribution >= 0.6 is 0 Å². The van der Waals surface area contributed by atoms with Crippen LogP contribution in [0.15, 0.2) is 29.2 Å². The Bertz CT molecular complexity index is 553. The summed E-state index contributed by atoms with van der Waals surface area (Å²) in [6, 6.07) is 6.23. The minimum atomic E-state index is -3.67. The standard InChI is InChI=1S/C13H21N3O4S/c1-20-11(9-14)8-13(17)16-7-6-10-2-4-12(5-3-10)21(15,18)19/h2-5,11H,6-9,14H2,1H3,(H,16,17)(H2,15,18,19). The molecule has 0 aromatic heterocycles. The van der Waals surface area contributed by atoms with Gasteiger partial charge in [0.05, 0.1) is 17.4 Å². The largest absolute Gasteiger partial charge is 0.380 e. The Morgan fingerprint density at radius 2 is 1.95 bits per heavy atom. The van der Waals surface area contributed by atoms with Gasteiger partial charge in [-0.25, -0.2) is 13.6 Å². The molecule has 0 heterocycles. The number of nitrogens with one attached hydrogen (secondary N) is 1. The molecule has 0 aliphatic rings. The van der Waals surface area contributed by atoms with Gasteiger partial charge >= 0.3 is 0 Å². The van der Waals surface area contributed by atoms with E-state index in [-0.39, 0.29) is 23.3 Å². The third-order valence-corrected chi connectivity index (χ3v) is 3.93. The molecule has 1 atom stereocenters. The number of primary sulfonamides is 1. The predicted octanol–water partition coefficient (Wildman–Crippen LogP) is -0.643. The summed E-state index contributed by atoms with van der Waals surface area (Å²) >= 11 is 0. The topological polar surface area (TPSA) is 125 Å². The van der Waals surface area contributed by atoms with Crippen LogP contribution < -0.4 is 16.2 Å². The minimum absolute atomic E-state index is 0.0705. The first-order valence-electron chi connectivity index (χ1n) is 6.48. The zero-order valence-electron chi connectivity index (χ0n) is 11.9. The number of sulfonamides is 1. The summed E-state index contributed by atoms with van der Waals surface area (Å²) in [4.78, 5) is 11.7. The highest BCUT2D eigenvalue weighted by molar-refractivity contribution is 7.89. The van der Waals surface area contributed by atoms with E-state index in [2.05, 4.69) is 5.32 Å². The van der Waals surface area contributed by atoms with Crippen molar-refractivity contribution in [3.63, 3.8) is 0 Å². The molecule has 1 aromatic rings. The Balaban J connectivity index is 2.41. The van der Waals surface area contributed by atoms with E-state index in [0.717, 1.165) is 5.56 Å². The Morgan fingerprint density at radius 1 is 1.33 bits per heavy atom. The number of benzene rings is 1. The van der Waals surface area contributed by atoms with Crippen molar-refractivity contribution in [2.75, 3.05) is 20.2 Å². The second-order valence-corrected chi connectivity index (χ2v) is 6.15. The molecule has 1 amide bonds. The van der Waals surface area contributed by atoms with Crippen LogP contribution in [0.2, 0.25) is 0 Å². The van der Waals surface area contributed by atoms with Gasteiger partial charge in [0.25, 0.3) is 0 Å². The van der Waals surface area contributed by atoms with Crippen molar-refractivity contribution in [2.24, 2.45) is 10.9 Å². The first-order valence-corrected chi connectivity index (χ1v) is 8.02. The molecule has 1 unspecified atom stereocenters. The Morgan fingerprint density at radius 3 is 2.43 bits per heavy atom. The van der Waals surface area contributed by atoms with E-state index in [1.807, 2.05) is 0 Å². The number of hydrogen-bond donors (Lipinski definition) is 3. The van der Waals surface area contributed by atoms with E-state index in [1.54, 1.807) is 12.1 Å². The molecule has 0 saturated carbocycles. The Hall–Kier alpha value is -1.48. The van der Waals surface area contributed by atoms with Gasteiger partial charge in [-0.05, 0) is 24.1 Å². The maximum Gasteiger partial charge on any atom is 0.238 e. The molecule has 0 aliphatic carbocycles. The minimum Gasteiger partial charge on any atom is -0.380 e. The summed E-state index contributed by atoms with van der Waals surface area (Å²) in [6.07, 6.45) is 0.535. The normalized spacial score (nSPS) is 12.9. The Kier molecular flexibility index (Phi) is 6.76. The highest BCUT2D eigenvalue weighted by Crippen LogP contribution is 2.08. The third kappa shape index (κ3) is 6.21. The van der Waals surface area contributed by atoms with Gasteiger partial charge in [0.2, 0.25) is 15.9 Å². The molecule has 8 heteroatoms. The maximum atomic E-state index is 11.6. The molecule has 0 bridgehead atoms. The molecule has 0 aliphatic heterocycles. The molecule has 7 nitrogen and oxygen atoms in total. The number of carbonyl (C=O) groups excluding carboxylic acids is 1. The van der Waals surface area contributed by atoms with Crippen LogP contribution in [0.25, 0.3) is 0 Å². The predicted molar refractivity (Wildman–Crippen MR) is 79.0 cm³/mol. The summed E-state index contributed by atoms with van der Waals surface area (Å²) in [6.45, 7) is 0.744. The van der Waals surface area contributed by atoms with Crippen molar-refractivity contribution < 1.29 is 17.9 Å². The van der Waals surface area contributed by atoms with E-state index in [0.29, 0.717) is 19.5 Å². The first-order chi connectivity index (χ1) is 9.86. The van der Waals surface area contributed by atoms with Gasteiger partial charge < -0.3 is 15.8 Å². The summed E-state index contributed by atoms with van der Waals surface area (Å²) in [7, 11) is -2.16. The van der Waals surface area contributed by atoms with Gasteiger partial charge in [0.15, 0.2) is 0 Å². The maximum absolute atomic E-state index is 11.6. The molecule has 1 rings (SSSR count). The van der Waals surface area contributed by atoms with Gasteiger partial charge in [-0.15, -0.1) is 0 Å². The molecule has 118 valence electrons. The van der Waals surface area contributed by atoms with Crippen LogP contribution in [-0.4, -0.2) is 40.6 Å². The smallest absolute Gasteiger partial charge is 0.238 e. The van der Waals surface area contributed by atoms with Gasteiger partial charge in [0.1, 0.15) is 0 Å². The van der Waals surface area contributed by atoms with Crippen molar-refractivity contribution in [2.45, 2.75) is 23.8 Å². The lowest BCUT2D eigenvalue weighted by atomic mass is 10.1. The monoisotopic (exact) mass is 315 g/mol. The molecule has 0 spiro atoms. The number of methoxy groups -OCH3 is 1. The summed E-state index contributed by atoms with van der Waals surface area (Å²) in [5.41, 5.74) is 6.34. The van der Waals surface area contributed by atoms with E-state index >= 15 is 0 Å². The van der Waals surface area contributed by atoms with Crippen molar-refractivity contribution in [1.82, 2.24) is 5.32 Å². The fourth-order valence-electron chi connectivity index (χ4n) is 1.73. The zero-order valence-corrected chi connectivity index (χ0v) is 12.7. The molecule has 0 saturated heterocycles. The average Bonchev–Trinajstić information content (AvgIpc) is 2.44. The van der Waals surface area contributed by atoms with E-state index in [4.69, 9.17) is 15.6 Å². The van der Waals surface area contributed by atoms with Crippen LogP contribution in [0, 0.1) is 0 Å². The second-order valence-electron chi connectivity index (χ2n) is 4.59. The molecule has 0 fully saturated rings. The highest BCUT2D eigenvalue weighted by atomic mass is 32.2. The third-order valence-electron chi connectivity index (χ3n) is 3.00. The number of nitrogens with two attached hydrogens (primary N) is 2. The number of carbonyl (C=O) groups is 1. The number of hydrogen-bond acceptors (Lipinski definition) is 5. The SMILES string of the molecule is COC(CN)CC(=O)NCCc1ccc(S(N)(=O)=O)cc1. The van der Waals surface area contributed by atoms with E-state index < -0.39 is 10.0 Å². The summed E-state index contributed by atoms with van der Waals surface area (Å²) < 4.78 is 27.2. The molecule has 21 heavy (non-hydrogen) atoms. The van der Waals surface area contributed by atoms with E-state index in [9.17, 15) is 13.2 Å². The summed E-state index contributed by atoms with van der Waals surface area (Å²) in [5.74, 6) is -0.131. The number of amides is 1. The number of ether oxygens (including phenoxy) is 1. The van der Waals surface area contributed by atoms with Gasteiger partial charge in [-0.3, -0.25) is 4.79 Å². The molecule has 5 N–H and O–H groups in total. The zero-order chi connectivity index (χ0) is 15.9. The molecule has 1 aromatic carbocycles. The molecular weight excluding hydrogens is 294 g/mol. The van der Waals surface area contributed by atoms with Crippen LogP contribution in [0.4, 0.5) is 0 Å². The Labute approximate surface area is 124 Å². The van der Waals surface area contributed by atoms with Crippen LogP contribution in [0.1, 0.15) is 12.0 Å². The first kappa shape index (κ1) is 17.6. The van der Waals surface area contributed by atoms with Crippen molar-refractivity contribution >= 4 is 15.9 Å². The van der Waals surface area contributed by atoms with Gasteiger partial charge in [0, 0.05) is 20.2 Å². The number of rotatable bonds is 8. The lowest BCUT2D eigenvalue weighted by molar-refractivity contribution is -0.123. The van der Waals surface area contributed by atoms with Crippen molar-refractivity contribution in [3.8, 4) is 0 Å². The highest BCUT2D eigenvalue weighted by Gasteiger charge is 2.11. The second kappa shape index (κ2) is 8.08. The van der Waals surface area contributed by atoms with Gasteiger partial charge in [-0.2, -0.15) is 0 Å². The fraction of sp³-hybridized carbons (Fsp3) is 0.462. The summed E-state index contributed by atoms with van der Waals surface area (Å²) in [5, 5.41) is 7.77. The lowest BCUT2D eigenvalue weighted by Crippen LogP contribution is -2.33. The van der Waals surface area contributed by atoms with Crippen molar-refractivity contribution in [1.29, 1.82) is 0 Å². The molecule has 0 radical (unpaired) electrons. The van der Waals surface area contributed by atoms with Gasteiger partial charge in [-0.1, -0.05) is 12.1 Å². The quantitative estimate of drug-likeness (QED) is 0.588. The molecular formula is C13H21N3O4S. The lowest BCUT2D eigenvalue weighted by Gasteiger charge is -2.12. The fourth-order valence-corrected chi connectivity index (χ4v) is 2.25. The average molecular weight is 315 g/mol. The van der Waals surface area contributed by atoms with Crippen LogP contribution in [0.5, 0.6) is 0 Å².